The molecule has 33 heavy (non-hydrogen) atoms. The molecule has 2 saturated heterocycles. The summed E-state index contributed by atoms with van der Waals surface area (Å²) in [6.45, 7) is 7.49. The van der Waals surface area contributed by atoms with E-state index in [0.29, 0.717) is 23.5 Å². The van der Waals surface area contributed by atoms with E-state index in [4.69, 9.17) is 19.4 Å². The van der Waals surface area contributed by atoms with E-state index in [-0.39, 0.29) is 6.04 Å². The first-order chi connectivity index (χ1) is 16.0. The van der Waals surface area contributed by atoms with Crippen molar-refractivity contribution in [3.8, 4) is 11.8 Å². The average molecular weight is 444 g/mol. The van der Waals surface area contributed by atoms with E-state index in [0.717, 1.165) is 65.3 Å². The molecule has 0 radical (unpaired) electrons. The van der Waals surface area contributed by atoms with E-state index in [1.54, 1.807) is 7.11 Å². The Kier molecular flexibility index (Phi) is 5.55. The van der Waals surface area contributed by atoms with Gasteiger partial charge in [-0.3, -0.25) is 0 Å². The Hall–Kier alpha value is -3.37. The molecule has 2 aromatic carbocycles. The lowest BCUT2D eigenvalue weighted by molar-refractivity contribution is 0.0904. The molecule has 2 unspecified atom stereocenters. The number of aromatic nitrogens is 2. The van der Waals surface area contributed by atoms with E-state index < -0.39 is 0 Å². The molecular formula is C26H29N5O2. The second-order valence-corrected chi connectivity index (χ2v) is 8.99. The van der Waals surface area contributed by atoms with Crippen LogP contribution in [0.4, 0.5) is 11.5 Å². The fraction of sp³-hybridized carbons (Fsp3) is 0.423. The van der Waals surface area contributed by atoms with Gasteiger partial charge >= 0.3 is 0 Å². The lowest BCUT2D eigenvalue weighted by Gasteiger charge is -2.37. The summed E-state index contributed by atoms with van der Waals surface area (Å²) < 4.78 is 11.6. The largest absolute Gasteiger partial charge is 0.495 e. The Balaban J connectivity index is 1.59. The van der Waals surface area contributed by atoms with Gasteiger partial charge in [-0.2, -0.15) is 5.26 Å². The summed E-state index contributed by atoms with van der Waals surface area (Å²) in [6, 6.07) is 13.0. The third kappa shape index (κ3) is 3.75. The smallest absolute Gasteiger partial charge is 0.144 e. The van der Waals surface area contributed by atoms with Gasteiger partial charge in [-0.25, -0.2) is 9.97 Å². The highest BCUT2D eigenvalue weighted by Gasteiger charge is 2.39. The molecule has 0 amide bonds. The predicted molar refractivity (Wildman–Crippen MR) is 129 cm³/mol. The van der Waals surface area contributed by atoms with Crippen molar-refractivity contribution in [2.24, 2.45) is 0 Å². The molecule has 3 heterocycles. The predicted octanol–water partition coefficient (Wildman–Crippen LogP) is 4.67. The molecule has 0 aliphatic carbocycles. The highest BCUT2D eigenvalue weighted by atomic mass is 16.5. The van der Waals surface area contributed by atoms with Gasteiger partial charge in [-0.1, -0.05) is 12.1 Å². The summed E-state index contributed by atoms with van der Waals surface area (Å²) in [6.07, 6.45) is 2.26. The molecule has 170 valence electrons. The SMILES string of the molecule is COc1cc2nc(C)nc(N[C@H](C)c3cccc(C#N)c3C)c2cc1N1C2CCC1COC2. The first-order valence-corrected chi connectivity index (χ1v) is 11.5. The van der Waals surface area contributed by atoms with Crippen LogP contribution in [0.1, 0.15) is 48.3 Å². The number of rotatable bonds is 5. The minimum atomic E-state index is -0.0269. The second-order valence-electron chi connectivity index (χ2n) is 8.99. The van der Waals surface area contributed by atoms with Crippen molar-refractivity contribution in [2.75, 3.05) is 30.5 Å². The summed E-state index contributed by atoms with van der Waals surface area (Å²) in [5.41, 5.74) is 4.69. The summed E-state index contributed by atoms with van der Waals surface area (Å²) >= 11 is 0. The van der Waals surface area contributed by atoms with Crippen LogP contribution in [-0.2, 0) is 4.74 Å². The number of anilines is 2. The van der Waals surface area contributed by atoms with Gasteiger partial charge in [-0.15, -0.1) is 0 Å². The van der Waals surface area contributed by atoms with E-state index >= 15 is 0 Å². The van der Waals surface area contributed by atoms with Gasteiger partial charge in [-0.05, 0) is 56.9 Å². The van der Waals surface area contributed by atoms with Crippen molar-refractivity contribution < 1.29 is 9.47 Å². The van der Waals surface area contributed by atoms with E-state index in [1.165, 1.54) is 0 Å². The van der Waals surface area contributed by atoms with Crippen LogP contribution in [0.15, 0.2) is 30.3 Å². The molecule has 0 spiro atoms. The Labute approximate surface area is 194 Å². The highest BCUT2D eigenvalue weighted by molar-refractivity contribution is 5.94. The highest BCUT2D eigenvalue weighted by Crippen LogP contribution is 2.42. The molecule has 2 fully saturated rings. The molecule has 2 aliphatic heterocycles. The Bertz CT molecular complexity index is 1240. The molecule has 7 nitrogen and oxygen atoms in total. The van der Waals surface area contributed by atoms with Crippen LogP contribution in [0.3, 0.4) is 0 Å². The van der Waals surface area contributed by atoms with Crippen molar-refractivity contribution in [1.82, 2.24) is 9.97 Å². The first-order valence-electron chi connectivity index (χ1n) is 11.5. The van der Waals surface area contributed by atoms with Gasteiger partial charge in [0.2, 0.25) is 0 Å². The van der Waals surface area contributed by atoms with Crippen molar-refractivity contribution in [1.29, 1.82) is 5.26 Å². The maximum Gasteiger partial charge on any atom is 0.144 e. The third-order valence-electron chi connectivity index (χ3n) is 6.94. The van der Waals surface area contributed by atoms with Crippen molar-refractivity contribution in [3.05, 3.63) is 52.8 Å². The van der Waals surface area contributed by atoms with Crippen LogP contribution in [-0.4, -0.2) is 42.4 Å². The van der Waals surface area contributed by atoms with E-state index in [9.17, 15) is 5.26 Å². The van der Waals surface area contributed by atoms with Gasteiger partial charge in [0.1, 0.15) is 17.4 Å². The molecule has 5 rings (SSSR count). The molecule has 3 aromatic rings. The number of morpholine rings is 1. The van der Waals surface area contributed by atoms with E-state index in [2.05, 4.69) is 35.3 Å². The minimum Gasteiger partial charge on any atom is -0.495 e. The quantitative estimate of drug-likeness (QED) is 0.614. The summed E-state index contributed by atoms with van der Waals surface area (Å²) in [7, 11) is 1.72. The maximum atomic E-state index is 9.43. The van der Waals surface area contributed by atoms with Crippen LogP contribution >= 0.6 is 0 Å². The minimum absolute atomic E-state index is 0.0269. The Morgan fingerprint density at radius 3 is 2.64 bits per heavy atom. The summed E-state index contributed by atoms with van der Waals surface area (Å²) in [5, 5.41) is 14.0. The molecule has 3 atom stereocenters. The third-order valence-corrected chi connectivity index (χ3v) is 6.94. The molecule has 7 heteroatoms. The zero-order chi connectivity index (χ0) is 23.1. The number of methoxy groups -OCH3 is 1. The normalized spacial score (nSPS) is 20.5. The molecular weight excluding hydrogens is 414 g/mol. The number of hydrogen-bond donors (Lipinski definition) is 1. The second kappa shape index (κ2) is 8.53. The van der Waals surface area contributed by atoms with Crippen molar-refractivity contribution in [2.45, 2.75) is 51.7 Å². The van der Waals surface area contributed by atoms with Crippen LogP contribution in [0.25, 0.3) is 10.9 Å². The number of nitrogens with one attached hydrogen (secondary N) is 1. The molecule has 0 saturated carbocycles. The number of ether oxygens (including phenoxy) is 2. The number of benzene rings is 2. The Morgan fingerprint density at radius 1 is 1.18 bits per heavy atom. The monoisotopic (exact) mass is 443 g/mol. The summed E-state index contributed by atoms with van der Waals surface area (Å²) in [4.78, 5) is 11.9. The molecule has 1 aromatic heterocycles. The van der Waals surface area contributed by atoms with Gasteiger partial charge in [0.25, 0.3) is 0 Å². The number of aryl methyl sites for hydroxylation is 1. The lowest BCUT2D eigenvalue weighted by atomic mass is 9.98. The number of nitrogens with zero attached hydrogens (tertiary/aromatic N) is 4. The van der Waals surface area contributed by atoms with Crippen LogP contribution in [0, 0.1) is 25.2 Å². The van der Waals surface area contributed by atoms with Crippen molar-refractivity contribution >= 4 is 22.4 Å². The van der Waals surface area contributed by atoms with Crippen LogP contribution in [0.5, 0.6) is 5.75 Å². The van der Waals surface area contributed by atoms with Gasteiger partial charge in [0.15, 0.2) is 0 Å². The Morgan fingerprint density at radius 2 is 1.94 bits per heavy atom. The van der Waals surface area contributed by atoms with Gasteiger partial charge in [0.05, 0.1) is 61.3 Å². The molecule has 2 bridgehead atoms. The maximum absolute atomic E-state index is 9.43. The topological polar surface area (TPSA) is 83.3 Å². The number of nitriles is 1. The first kappa shape index (κ1) is 21.5. The fourth-order valence-corrected chi connectivity index (χ4v) is 5.28. The van der Waals surface area contributed by atoms with Crippen LogP contribution in [0.2, 0.25) is 0 Å². The number of fused-ring (bicyclic) bond motifs is 3. The number of hydrogen-bond acceptors (Lipinski definition) is 7. The molecule has 1 N–H and O–H groups in total. The fourth-order valence-electron chi connectivity index (χ4n) is 5.28. The van der Waals surface area contributed by atoms with Crippen LogP contribution < -0.4 is 15.0 Å². The van der Waals surface area contributed by atoms with Gasteiger partial charge in [0, 0.05) is 11.5 Å². The van der Waals surface area contributed by atoms with Crippen molar-refractivity contribution in [3.63, 3.8) is 0 Å². The zero-order valence-corrected chi connectivity index (χ0v) is 19.6. The average Bonchev–Trinajstić information content (AvgIpc) is 3.05. The molecule has 2 aliphatic rings. The standard InChI is InChI=1S/C26H29N5O2/c1-15-18(12-27)6-5-7-21(15)16(2)28-26-22-10-24(31-19-8-9-20(31)14-33-13-19)25(32-4)11-23(22)29-17(3)30-26/h5-7,10-11,16,19-20H,8-9,13-14H2,1-4H3,(H,28,29,30)/t16-,19?,20?/m1/s1. The lowest BCUT2D eigenvalue weighted by Crippen LogP contribution is -2.46. The zero-order valence-electron chi connectivity index (χ0n) is 19.6. The van der Waals surface area contributed by atoms with E-state index in [1.807, 2.05) is 32.0 Å². The summed E-state index contributed by atoms with van der Waals surface area (Å²) in [5.74, 6) is 2.31. The van der Waals surface area contributed by atoms with Gasteiger partial charge < -0.3 is 19.7 Å².